The number of nitrogens with two attached hydrogens (primary N) is 1. The van der Waals surface area contributed by atoms with Crippen molar-refractivity contribution < 1.29 is 9.90 Å². The van der Waals surface area contributed by atoms with Crippen LogP contribution in [0.4, 0.5) is 0 Å². The molecular weight excluding hydrogens is 238 g/mol. The fraction of sp³-hybridized carbons (Fsp3) is 0.545. The Morgan fingerprint density at radius 2 is 2.41 bits per heavy atom. The third-order valence-corrected chi connectivity index (χ3v) is 4.18. The number of hydrogen-bond donors (Lipinski definition) is 2. The maximum absolute atomic E-state index is 11.1. The van der Waals surface area contributed by atoms with E-state index in [1.807, 2.05) is 0 Å². The van der Waals surface area contributed by atoms with Crippen LogP contribution in [-0.4, -0.2) is 31.8 Å². The second kappa shape index (κ2) is 5.01. The summed E-state index contributed by atoms with van der Waals surface area (Å²) in [5.41, 5.74) is 4.83. The maximum atomic E-state index is 11.1. The van der Waals surface area contributed by atoms with Crippen molar-refractivity contribution in [3.8, 4) is 0 Å². The molecule has 1 heterocycles. The lowest BCUT2D eigenvalue weighted by Crippen LogP contribution is -2.51. The van der Waals surface area contributed by atoms with Crippen LogP contribution in [0.1, 0.15) is 25.7 Å². The average Bonchev–Trinajstić information content (AvgIpc) is 2.30. The number of rotatable bonds is 3. The molecule has 1 saturated carbocycles. The largest absolute Gasteiger partial charge is 0.480 e. The molecule has 2 atom stereocenters. The fourth-order valence-electron chi connectivity index (χ4n) is 2.07. The van der Waals surface area contributed by atoms with Crippen molar-refractivity contribution >= 4 is 17.7 Å². The highest BCUT2D eigenvalue weighted by Gasteiger charge is 2.39. The minimum Gasteiger partial charge on any atom is -0.480 e. The summed E-state index contributed by atoms with van der Waals surface area (Å²) in [4.78, 5) is 19.3. The smallest absolute Gasteiger partial charge is 0.323 e. The maximum Gasteiger partial charge on any atom is 0.323 e. The van der Waals surface area contributed by atoms with Crippen molar-refractivity contribution in [2.45, 2.75) is 41.5 Å². The Morgan fingerprint density at radius 3 is 3.06 bits per heavy atom. The van der Waals surface area contributed by atoms with Gasteiger partial charge >= 0.3 is 5.97 Å². The van der Waals surface area contributed by atoms with Gasteiger partial charge in [-0.2, -0.15) is 0 Å². The molecule has 3 N–H and O–H groups in total. The van der Waals surface area contributed by atoms with Gasteiger partial charge in [0.15, 0.2) is 0 Å². The van der Waals surface area contributed by atoms with Crippen LogP contribution < -0.4 is 5.73 Å². The third kappa shape index (κ3) is 2.95. The molecule has 17 heavy (non-hydrogen) atoms. The minimum absolute atomic E-state index is 0.210. The molecule has 2 unspecified atom stereocenters. The first kappa shape index (κ1) is 12.3. The molecule has 0 saturated heterocycles. The first-order valence-electron chi connectivity index (χ1n) is 5.55. The van der Waals surface area contributed by atoms with E-state index >= 15 is 0 Å². The lowest BCUT2D eigenvalue weighted by molar-refractivity contribution is -0.144. The molecule has 0 aromatic carbocycles. The summed E-state index contributed by atoms with van der Waals surface area (Å²) < 4.78 is 0. The second-order valence-electron chi connectivity index (χ2n) is 4.34. The lowest BCUT2D eigenvalue weighted by atomic mass is 9.82. The van der Waals surface area contributed by atoms with E-state index < -0.39 is 11.5 Å². The van der Waals surface area contributed by atoms with Crippen molar-refractivity contribution in [3.05, 3.63) is 18.6 Å². The van der Waals surface area contributed by atoms with Gasteiger partial charge in [-0.1, -0.05) is 0 Å². The molecule has 0 bridgehead atoms. The van der Waals surface area contributed by atoms with Crippen molar-refractivity contribution in [3.63, 3.8) is 0 Å². The van der Waals surface area contributed by atoms with Gasteiger partial charge in [0.05, 0.1) is 6.20 Å². The lowest BCUT2D eigenvalue weighted by Gasteiger charge is -2.33. The SMILES string of the molecule is NC1(C(=O)O)CCCC(Sc2cnccn2)C1. The zero-order valence-corrected chi connectivity index (χ0v) is 10.2. The Morgan fingerprint density at radius 1 is 1.59 bits per heavy atom. The summed E-state index contributed by atoms with van der Waals surface area (Å²) in [7, 11) is 0. The quantitative estimate of drug-likeness (QED) is 0.843. The van der Waals surface area contributed by atoms with Crippen LogP contribution >= 0.6 is 11.8 Å². The molecular formula is C11H15N3O2S. The number of aromatic nitrogens is 2. The van der Waals surface area contributed by atoms with Gasteiger partial charge in [-0.15, -0.1) is 11.8 Å². The average molecular weight is 253 g/mol. The van der Waals surface area contributed by atoms with Crippen LogP contribution in [0.3, 0.4) is 0 Å². The predicted molar refractivity (Wildman–Crippen MR) is 64.7 cm³/mol. The minimum atomic E-state index is -1.07. The molecule has 1 fully saturated rings. The summed E-state index contributed by atoms with van der Waals surface area (Å²) >= 11 is 1.57. The van der Waals surface area contributed by atoms with Crippen LogP contribution in [0.5, 0.6) is 0 Å². The summed E-state index contributed by atoms with van der Waals surface area (Å²) in [6.07, 6.45) is 7.82. The molecule has 1 aliphatic carbocycles. The molecule has 92 valence electrons. The van der Waals surface area contributed by atoms with Gasteiger partial charge in [-0.3, -0.25) is 9.78 Å². The van der Waals surface area contributed by atoms with Gasteiger partial charge in [-0.05, 0) is 25.7 Å². The number of carbonyl (C=O) groups is 1. The molecule has 0 radical (unpaired) electrons. The number of hydrogen-bond acceptors (Lipinski definition) is 5. The molecule has 6 heteroatoms. The fourth-order valence-corrected chi connectivity index (χ4v) is 3.32. The number of nitrogens with zero attached hydrogens (tertiary/aromatic N) is 2. The van der Waals surface area contributed by atoms with Gasteiger partial charge in [0.1, 0.15) is 10.6 Å². The molecule has 1 aliphatic rings. The van der Waals surface area contributed by atoms with Gasteiger partial charge in [0.25, 0.3) is 0 Å². The van der Waals surface area contributed by atoms with Gasteiger partial charge in [0, 0.05) is 17.6 Å². The number of thioether (sulfide) groups is 1. The monoisotopic (exact) mass is 253 g/mol. The standard InChI is InChI=1S/C11H15N3O2S/c12-11(10(15)16)3-1-2-8(6-11)17-9-7-13-4-5-14-9/h4-5,7-8H,1-3,6,12H2,(H,15,16). The number of aliphatic carboxylic acids is 1. The van der Waals surface area contributed by atoms with Crippen LogP contribution in [-0.2, 0) is 4.79 Å². The number of carboxylic acids is 1. The molecule has 1 aromatic rings. The molecule has 1 aromatic heterocycles. The first-order chi connectivity index (χ1) is 8.10. The summed E-state index contributed by atoms with van der Waals surface area (Å²) in [6.45, 7) is 0. The Bertz CT molecular complexity index is 401. The Labute approximate surface area is 104 Å². The van der Waals surface area contributed by atoms with Gasteiger partial charge in [0.2, 0.25) is 0 Å². The van der Waals surface area contributed by atoms with Crippen molar-refractivity contribution in [1.82, 2.24) is 9.97 Å². The topological polar surface area (TPSA) is 89.1 Å². The van der Waals surface area contributed by atoms with E-state index in [4.69, 9.17) is 10.8 Å². The molecule has 2 rings (SSSR count). The highest BCUT2D eigenvalue weighted by atomic mass is 32.2. The van der Waals surface area contributed by atoms with Gasteiger partial charge < -0.3 is 10.8 Å². The van der Waals surface area contributed by atoms with Crippen LogP contribution in [0.15, 0.2) is 23.6 Å². The van der Waals surface area contributed by atoms with E-state index in [1.165, 1.54) is 0 Å². The van der Waals surface area contributed by atoms with Crippen molar-refractivity contribution in [2.75, 3.05) is 0 Å². The highest BCUT2D eigenvalue weighted by molar-refractivity contribution is 7.99. The third-order valence-electron chi connectivity index (χ3n) is 2.99. The Balaban J connectivity index is 2.01. The van der Waals surface area contributed by atoms with E-state index in [0.717, 1.165) is 17.9 Å². The zero-order chi connectivity index (χ0) is 12.3. The van der Waals surface area contributed by atoms with Gasteiger partial charge in [-0.25, -0.2) is 4.98 Å². The van der Waals surface area contributed by atoms with Crippen LogP contribution in [0, 0.1) is 0 Å². The van der Waals surface area contributed by atoms with E-state index in [9.17, 15) is 4.79 Å². The summed E-state index contributed by atoms with van der Waals surface area (Å²) in [6, 6.07) is 0. The molecule has 5 nitrogen and oxygen atoms in total. The first-order valence-corrected chi connectivity index (χ1v) is 6.43. The summed E-state index contributed by atoms with van der Waals surface area (Å²) in [5, 5.41) is 10.2. The number of carboxylic acid groups (broad SMARTS) is 1. The normalized spacial score (nSPS) is 28.9. The molecule has 0 aliphatic heterocycles. The molecule has 0 spiro atoms. The van der Waals surface area contributed by atoms with Crippen molar-refractivity contribution in [2.24, 2.45) is 5.73 Å². The molecule has 0 amide bonds. The highest BCUT2D eigenvalue weighted by Crippen LogP contribution is 2.36. The van der Waals surface area contributed by atoms with E-state index in [0.29, 0.717) is 12.8 Å². The van der Waals surface area contributed by atoms with E-state index in [2.05, 4.69) is 9.97 Å². The predicted octanol–water partition coefficient (Wildman–Crippen LogP) is 1.29. The Kier molecular flexibility index (Phi) is 3.63. The zero-order valence-electron chi connectivity index (χ0n) is 9.37. The van der Waals surface area contributed by atoms with Crippen molar-refractivity contribution in [1.29, 1.82) is 0 Å². The van der Waals surface area contributed by atoms with Crippen LogP contribution in [0.2, 0.25) is 0 Å². The van der Waals surface area contributed by atoms with Crippen LogP contribution in [0.25, 0.3) is 0 Å². The summed E-state index contributed by atoms with van der Waals surface area (Å²) in [5.74, 6) is -0.901. The van der Waals surface area contributed by atoms with E-state index in [-0.39, 0.29) is 5.25 Å². The van der Waals surface area contributed by atoms with E-state index in [1.54, 1.807) is 30.4 Å². The Hall–Kier alpha value is -1.14. The second-order valence-corrected chi connectivity index (χ2v) is 5.66.